The van der Waals surface area contributed by atoms with Crippen molar-refractivity contribution in [3.8, 4) is 0 Å². The van der Waals surface area contributed by atoms with Gasteiger partial charge < -0.3 is 9.88 Å². The lowest BCUT2D eigenvalue weighted by Gasteiger charge is -2.22. The van der Waals surface area contributed by atoms with E-state index in [9.17, 15) is 9.18 Å². The predicted octanol–water partition coefficient (Wildman–Crippen LogP) is 2.90. The van der Waals surface area contributed by atoms with E-state index < -0.39 is 6.04 Å². The van der Waals surface area contributed by atoms with Crippen LogP contribution in [0.1, 0.15) is 23.0 Å². The van der Waals surface area contributed by atoms with Crippen LogP contribution in [0.15, 0.2) is 67.0 Å². The molecule has 1 N–H and O–H groups in total. The third-order valence-electron chi connectivity index (χ3n) is 4.33. The minimum absolute atomic E-state index is 0.120. The Kier molecular flexibility index (Phi) is 5.98. The van der Waals surface area contributed by atoms with Gasteiger partial charge in [0.05, 0.1) is 6.54 Å². The van der Waals surface area contributed by atoms with E-state index in [1.165, 1.54) is 12.1 Å². The van der Waals surface area contributed by atoms with Crippen molar-refractivity contribution in [2.24, 2.45) is 7.05 Å². The first-order chi connectivity index (χ1) is 13.0. The minimum Gasteiger partial charge on any atom is -0.341 e. The van der Waals surface area contributed by atoms with Crippen LogP contribution in [0.4, 0.5) is 4.39 Å². The van der Waals surface area contributed by atoms with Gasteiger partial charge in [0.1, 0.15) is 17.7 Å². The van der Waals surface area contributed by atoms with Gasteiger partial charge >= 0.3 is 0 Å². The number of benzene rings is 2. The van der Waals surface area contributed by atoms with Crippen molar-refractivity contribution in [1.82, 2.24) is 19.8 Å². The van der Waals surface area contributed by atoms with E-state index in [2.05, 4.69) is 10.3 Å². The molecule has 140 valence electrons. The van der Waals surface area contributed by atoms with Crippen molar-refractivity contribution in [2.45, 2.75) is 12.6 Å². The molecule has 0 aliphatic rings. The van der Waals surface area contributed by atoms with Crippen LogP contribution >= 0.6 is 0 Å². The molecule has 6 heteroatoms. The Morgan fingerprint density at radius 3 is 2.52 bits per heavy atom. The number of hydrogen-bond acceptors (Lipinski definition) is 3. The summed E-state index contributed by atoms with van der Waals surface area (Å²) in [6, 6.07) is 15.7. The van der Waals surface area contributed by atoms with E-state index in [0.29, 0.717) is 12.4 Å². The highest BCUT2D eigenvalue weighted by molar-refractivity contribution is 5.78. The number of rotatable bonds is 7. The second kappa shape index (κ2) is 8.60. The molecular weight excluding hydrogens is 343 g/mol. The summed E-state index contributed by atoms with van der Waals surface area (Å²) >= 11 is 0. The van der Waals surface area contributed by atoms with E-state index in [-0.39, 0.29) is 18.3 Å². The molecule has 0 saturated carbocycles. The quantitative estimate of drug-likeness (QED) is 0.700. The van der Waals surface area contributed by atoms with Crippen molar-refractivity contribution in [1.29, 1.82) is 0 Å². The Hall–Kier alpha value is -2.99. The monoisotopic (exact) mass is 366 g/mol. The van der Waals surface area contributed by atoms with Crippen molar-refractivity contribution >= 4 is 5.91 Å². The molecule has 1 aromatic heterocycles. The largest absolute Gasteiger partial charge is 0.341 e. The van der Waals surface area contributed by atoms with Crippen LogP contribution < -0.4 is 5.32 Å². The first-order valence-corrected chi connectivity index (χ1v) is 8.77. The molecule has 0 fully saturated rings. The van der Waals surface area contributed by atoms with Crippen LogP contribution in [0.3, 0.4) is 0 Å². The van der Waals surface area contributed by atoms with Crippen LogP contribution in [-0.4, -0.2) is 34.0 Å². The van der Waals surface area contributed by atoms with Crippen LogP contribution in [0.25, 0.3) is 0 Å². The maximum absolute atomic E-state index is 13.3. The smallest absolute Gasteiger partial charge is 0.235 e. The van der Waals surface area contributed by atoms with Crippen molar-refractivity contribution in [2.75, 3.05) is 13.6 Å². The Labute approximate surface area is 158 Å². The van der Waals surface area contributed by atoms with Gasteiger partial charge in [-0.05, 0) is 30.3 Å². The normalized spacial score (nSPS) is 12.1. The number of aryl methyl sites for hydroxylation is 1. The highest BCUT2D eigenvalue weighted by Gasteiger charge is 2.21. The zero-order valence-electron chi connectivity index (χ0n) is 15.5. The summed E-state index contributed by atoms with van der Waals surface area (Å²) in [5.74, 6) is 0.262. The van der Waals surface area contributed by atoms with Crippen LogP contribution in [0, 0.1) is 5.82 Å². The molecule has 3 rings (SSSR count). The summed E-state index contributed by atoms with van der Waals surface area (Å²) < 4.78 is 15.1. The fraction of sp³-hybridized carbons (Fsp3) is 0.238. The molecule has 5 nitrogen and oxygen atoms in total. The van der Waals surface area contributed by atoms with E-state index in [0.717, 1.165) is 11.1 Å². The molecule has 1 atom stereocenters. The third kappa shape index (κ3) is 5.01. The summed E-state index contributed by atoms with van der Waals surface area (Å²) in [6.45, 7) is 0.925. The molecule has 0 aliphatic carbocycles. The lowest BCUT2D eigenvalue weighted by atomic mass is 10.1. The lowest BCUT2D eigenvalue weighted by molar-refractivity contribution is -0.122. The minimum atomic E-state index is -0.441. The predicted molar refractivity (Wildman–Crippen MR) is 102 cm³/mol. The van der Waals surface area contributed by atoms with Gasteiger partial charge in [-0.25, -0.2) is 9.37 Å². The number of carbonyl (C=O) groups is 1. The molecule has 1 unspecified atom stereocenters. The van der Waals surface area contributed by atoms with E-state index >= 15 is 0 Å². The number of nitrogens with zero attached hydrogens (tertiary/aromatic N) is 3. The van der Waals surface area contributed by atoms with E-state index in [1.54, 1.807) is 18.3 Å². The fourth-order valence-electron chi connectivity index (χ4n) is 3.01. The molecule has 0 bridgehead atoms. The lowest BCUT2D eigenvalue weighted by Crippen LogP contribution is -2.38. The van der Waals surface area contributed by atoms with E-state index in [4.69, 9.17) is 0 Å². The van der Waals surface area contributed by atoms with Crippen molar-refractivity contribution in [3.05, 3.63) is 89.8 Å². The number of likely N-dealkylation sites (N-methyl/N-ethyl adjacent to an activating group) is 1. The van der Waals surface area contributed by atoms with Crippen LogP contribution in [0.2, 0.25) is 0 Å². The number of nitrogens with one attached hydrogen (secondary N) is 1. The number of amides is 1. The van der Waals surface area contributed by atoms with Gasteiger partial charge in [-0.15, -0.1) is 0 Å². The van der Waals surface area contributed by atoms with Crippen molar-refractivity contribution < 1.29 is 9.18 Å². The number of hydrogen-bond donors (Lipinski definition) is 1. The van der Waals surface area contributed by atoms with Gasteiger partial charge in [-0.3, -0.25) is 9.69 Å². The Morgan fingerprint density at radius 2 is 1.89 bits per heavy atom. The van der Waals surface area contributed by atoms with Gasteiger partial charge in [-0.1, -0.05) is 42.5 Å². The van der Waals surface area contributed by atoms with Gasteiger partial charge in [-0.2, -0.15) is 0 Å². The zero-order chi connectivity index (χ0) is 19.2. The number of carbonyl (C=O) groups excluding carboxylic acids is 1. The summed E-state index contributed by atoms with van der Waals surface area (Å²) in [6.07, 6.45) is 3.50. The van der Waals surface area contributed by atoms with E-state index in [1.807, 2.05) is 60.1 Å². The number of aromatic nitrogens is 2. The average Bonchev–Trinajstić information content (AvgIpc) is 3.07. The molecule has 2 aromatic carbocycles. The highest BCUT2D eigenvalue weighted by atomic mass is 19.1. The molecule has 3 aromatic rings. The molecular formula is C21H23FN4O. The third-order valence-corrected chi connectivity index (χ3v) is 4.33. The molecule has 0 saturated heterocycles. The molecule has 0 spiro atoms. The topological polar surface area (TPSA) is 50.2 Å². The Bertz CT molecular complexity index is 877. The van der Waals surface area contributed by atoms with Gasteiger partial charge in [0.15, 0.2) is 0 Å². The second-order valence-electron chi connectivity index (χ2n) is 6.61. The summed E-state index contributed by atoms with van der Waals surface area (Å²) in [5.41, 5.74) is 1.93. The molecule has 0 radical (unpaired) electrons. The van der Waals surface area contributed by atoms with Gasteiger partial charge in [0, 0.05) is 26.0 Å². The first kappa shape index (κ1) is 18.8. The first-order valence-electron chi connectivity index (χ1n) is 8.77. The summed E-state index contributed by atoms with van der Waals surface area (Å²) in [7, 11) is 3.77. The average molecular weight is 366 g/mol. The van der Waals surface area contributed by atoms with Crippen molar-refractivity contribution in [3.63, 3.8) is 0 Å². The van der Waals surface area contributed by atoms with Gasteiger partial charge in [0.2, 0.25) is 5.91 Å². The Balaban J connectivity index is 1.71. The maximum Gasteiger partial charge on any atom is 0.235 e. The molecule has 0 aliphatic heterocycles. The zero-order valence-corrected chi connectivity index (χ0v) is 15.5. The number of imidazole rings is 1. The highest BCUT2D eigenvalue weighted by Crippen LogP contribution is 2.20. The van der Waals surface area contributed by atoms with Crippen LogP contribution in [-0.2, 0) is 18.4 Å². The fourth-order valence-corrected chi connectivity index (χ4v) is 3.01. The SMILES string of the molecule is CN(CC(=O)NC(c1ccc(F)cc1)c1nccn1C)Cc1ccccc1. The standard InChI is InChI=1S/C21H23FN4O/c1-25(14-16-6-4-3-5-7-16)15-19(27)24-20(21-23-12-13-26(21)2)17-8-10-18(22)11-9-17/h3-13,20H,14-15H2,1-2H3,(H,24,27). The second-order valence-corrected chi connectivity index (χ2v) is 6.61. The summed E-state index contributed by atoms with van der Waals surface area (Å²) in [5, 5.41) is 3.03. The van der Waals surface area contributed by atoms with Crippen LogP contribution in [0.5, 0.6) is 0 Å². The Morgan fingerprint density at radius 1 is 1.19 bits per heavy atom. The molecule has 27 heavy (non-hydrogen) atoms. The summed E-state index contributed by atoms with van der Waals surface area (Å²) in [4.78, 5) is 18.9. The van der Waals surface area contributed by atoms with Gasteiger partial charge in [0.25, 0.3) is 0 Å². The maximum atomic E-state index is 13.3. The number of halogens is 1. The molecule has 1 amide bonds. The molecule has 1 heterocycles.